The number of ketones is 1. The molecule has 3 atom stereocenters. The molecule has 0 saturated heterocycles. The van der Waals surface area contributed by atoms with E-state index in [-0.39, 0.29) is 17.5 Å². The maximum Gasteiger partial charge on any atom is 0.336 e. The van der Waals surface area contributed by atoms with Crippen molar-refractivity contribution in [2.24, 2.45) is 5.92 Å². The summed E-state index contributed by atoms with van der Waals surface area (Å²) in [6.45, 7) is 3.11. The second kappa shape index (κ2) is 9.23. The predicted octanol–water partition coefficient (Wildman–Crippen LogP) is 4.07. The van der Waals surface area contributed by atoms with Crippen molar-refractivity contribution in [2.45, 2.75) is 32.1 Å². The largest absolute Gasteiger partial charge is 0.493 e. The van der Waals surface area contributed by atoms with Gasteiger partial charge in [-0.05, 0) is 36.1 Å². The minimum Gasteiger partial charge on any atom is -0.493 e. The third-order valence-corrected chi connectivity index (χ3v) is 6.98. The highest BCUT2D eigenvalue weighted by atomic mass is 32.1. The van der Waals surface area contributed by atoms with Gasteiger partial charge in [0.1, 0.15) is 5.78 Å². The zero-order valence-electron chi connectivity index (χ0n) is 18.8. The van der Waals surface area contributed by atoms with Crippen LogP contribution in [0.2, 0.25) is 0 Å². The van der Waals surface area contributed by atoms with Crippen molar-refractivity contribution in [1.82, 2.24) is 5.32 Å². The molecular formula is C25H25NO6S. The fourth-order valence-electron chi connectivity index (χ4n) is 4.62. The summed E-state index contributed by atoms with van der Waals surface area (Å²) >= 11 is 1.62. The molecular weight excluding hydrogens is 442 g/mol. The van der Waals surface area contributed by atoms with E-state index in [1.807, 2.05) is 17.5 Å². The molecule has 2 aromatic rings. The van der Waals surface area contributed by atoms with Crippen LogP contribution >= 0.6 is 11.3 Å². The number of allylic oxidation sites excluding steroid dienone is 3. The van der Waals surface area contributed by atoms with Crippen molar-refractivity contribution >= 4 is 29.1 Å². The van der Waals surface area contributed by atoms with Crippen LogP contribution in [-0.4, -0.2) is 31.9 Å². The molecule has 4 rings (SSSR count). The number of carbonyl (C=O) groups excluding carboxylic acids is 3. The first-order valence-corrected chi connectivity index (χ1v) is 11.4. The lowest BCUT2D eigenvalue weighted by atomic mass is 9.69. The quantitative estimate of drug-likeness (QED) is 0.524. The topological polar surface area (TPSA) is 90.9 Å². The van der Waals surface area contributed by atoms with Gasteiger partial charge in [-0.2, -0.15) is 0 Å². The number of methoxy groups -OCH3 is 2. The van der Waals surface area contributed by atoms with Gasteiger partial charge in [0.2, 0.25) is 0 Å². The highest BCUT2D eigenvalue weighted by Gasteiger charge is 2.45. The molecule has 172 valence electrons. The Morgan fingerprint density at radius 3 is 2.55 bits per heavy atom. The van der Waals surface area contributed by atoms with Crippen LogP contribution in [0.3, 0.4) is 0 Å². The Bertz CT molecular complexity index is 1160. The van der Waals surface area contributed by atoms with Crippen LogP contribution in [0.4, 0.5) is 0 Å². The number of hydrogen-bond acceptors (Lipinski definition) is 8. The average Bonchev–Trinajstić information content (AvgIpc) is 3.32. The molecule has 2 aliphatic rings. The molecule has 0 amide bonds. The van der Waals surface area contributed by atoms with Gasteiger partial charge in [-0.3, -0.25) is 9.59 Å². The first-order valence-electron chi connectivity index (χ1n) is 10.5. The van der Waals surface area contributed by atoms with Crippen LogP contribution < -0.4 is 14.8 Å². The van der Waals surface area contributed by atoms with E-state index in [0.29, 0.717) is 29.0 Å². The normalized spacial score (nSPS) is 22.1. The fourth-order valence-corrected chi connectivity index (χ4v) is 5.41. The third-order valence-electron chi connectivity index (χ3n) is 5.98. The molecule has 8 heteroatoms. The van der Waals surface area contributed by atoms with Crippen LogP contribution in [-0.2, 0) is 19.1 Å². The van der Waals surface area contributed by atoms with Crippen LogP contribution in [0.25, 0.3) is 0 Å². The van der Waals surface area contributed by atoms with Crippen LogP contribution in [0, 0.1) is 5.92 Å². The van der Waals surface area contributed by atoms with Gasteiger partial charge in [0.15, 0.2) is 11.5 Å². The standard InChI is InChI=1S/C25H25NO6S/c1-13-22(25(29)31-4)23(15-7-8-19(32-14(2)27)20(12-15)30-3)24-17(26-13)10-16(11-18(24)28)21-6-5-9-33-21/h5-10,12,16,23-24,26H,11H2,1-4H3. The van der Waals surface area contributed by atoms with Gasteiger partial charge in [0, 0.05) is 41.5 Å². The zero-order chi connectivity index (χ0) is 23.7. The Kier molecular flexibility index (Phi) is 6.37. The molecule has 33 heavy (non-hydrogen) atoms. The van der Waals surface area contributed by atoms with Gasteiger partial charge in [-0.1, -0.05) is 18.2 Å². The van der Waals surface area contributed by atoms with Crippen LogP contribution in [0.1, 0.15) is 42.5 Å². The molecule has 7 nitrogen and oxygen atoms in total. The van der Waals surface area contributed by atoms with E-state index in [1.54, 1.807) is 36.5 Å². The molecule has 3 unspecified atom stereocenters. The van der Waals surface area contributed by atoms with Gasteiger partial charge in [-0.15, -0.1) is 11.3 Å². The van der Waals surface area contributed by atoms with E-state index in [0.717, 1.165) is 10.6 Å². The number of nitrogens with one attached hydrogen (secondary N) is 1. The Hall–Kier alpha value is -3.39. The molecule has 1 aromatic heterocycles. The lowest BCUT2D eigenvalue weighted by Gasteiger charge is -2.39. The van der Waals surface area contributed by atoms with E-state index in [2.05, 4.69) is 11.4 Å². The number of carbonyl (C=O) groups is 3. The van der Waals surface area contributed by atoms with Gasteiger partial charge in [0.25, 0.3) is 0 Å². The van der Waals surface area contributed by atoms with Crippen molar-refractivity contribution in [3.05, 3.63) is 69.2 Å². The number of ether oxygens (including phenoxy) is 3. The minimum atomic E-state index is -0.568. The molecule has 0 spiro atoms. The minimum absolute atomic E-state index is 0.00902. The molecule has 0 radical (unpaired) electrons. The van der Waals surface area contributed by atoms with E-state index >= 15 is 0 Å². The van der Waals surface area contributed by atoms with Crippen molar-refractivity contribution in [3.8, 4) is 11.5 Å². The SMILES string of the molecule is COC(=O)C1=C(C)NC2=CC(c3cccs3)CC(=O)C2C1c1ccc(OC(C)=O)c(OC)c1. The van der Waals surface area contributed by atoms with Crippen molar-refractivity contribution in [1.29, 1.82) is 0 Å². The van der Waals surface area contributed by atoms with E-state index in [4.69, 9.17) is 14.2 Å². The summed E-state index contributed by atoms with van der Waals surface area (Å²) in [5.41, 5.74) is 2.51. The molecule has 0 saturated carbocycles. The van der Waals surface area contributed by atoms with E-state index < -0.39 is 23.8 Å². The van der Waals surface area contributed by atoms with Gasteiger partial charge in [0.05, 0.1) is 25.7 Å². The summed E-state index contributed by atoms with van der Waals surface area (Å²) in [7, 11) is 2.80. The van der Waals surface area contributed by atoms with E-state index in [1.165, 1.54) is 21.1 Å². The summed E-state index contributed by atoms with van der Waals surface area (Å²) in [5.74, 6) is -1.46. The Morgan fingerprint density at radius 2 is 1.91 bits per heavy atom. The number of hydrogen-bond donors (Lipinski definition) is 1. The molecule has 0 fully saturated rings. The van der Waals surface area contributed by atoms with Crippen molar-refractivity contribution in [3.63, 3.8) is 0 Å². The van der Waals surface area contributed by atoms with E-state index in [9.17, 15) is 14.4 Å². The Balaban J connectivity index is 1.84. The second-order valence-electron chi connectivity index (χ2n) is 8.03. The first kappa shape index (κ1) is 22.8. The van der Waals surface area contributed by atoms with Crippen LogP contribution in [0.5, 0.6) is 11.5 Å². The van der Waals surface area contributed by atoms with Crippen molar-refractivity contribution < 1.29 is 28.6 Å². The van der Waals surface area contributed by atoms with Gasteiger partial charge < -0.3 is 19.5 Å². The highest BCUT2D eigenvalue weighted by Crippen LogP contribution is 2.47. The van der Waals surface area contributed by atoms with Crippen molar-refractivity contribution in [2.75, 3.05) is 14.2 Å². The monoisotopic (exact) mass is 467 g/mol. The molecule has 0 bridgehead atoms. The molecule has 1 aliphatic carbocycles. The Morgan fingerprint density at radius 1 is 1.12 bits per heavy atom. The van der Waals surface area contributed by atoms with Gasteiger partial charge >= 0.3 is 11.9 Å². The lowest BCUT2D eigenvalue weighted by molar-refractivity contribution is -0.137. The number of thiophene rings is 1. The summed E-state index contributed by atoms with van der Waals surface area (Å²) < 4.78 is 15.7. The second-order valence-corrected chi connectivity index (χ2v) is 9.01. The number of Topliss-reactive ketones (excluding diaryl/α,β-unsaturated/α-hetero) is 1. The average molecular weight is 468 g/mol. The van der Waals surface area contributed by atoms with Crippen LogP contribution in [0.15, 0.2) is 58.8 Å². The summed E-state index contributed by atoms with van der Waals surface area (Å²) in [4.78, 5) is 38.9. The fraction of sp³-hybridized carbons (Fsp3) is 0.320. The molecule has 2 heterocycles. The summed E-state index contributed by atoms with van der Waals surface area (Å²) in [5, 5.41) is 5.29. The number of rotatable bonds is 5. The smallest absolute Gasteiger partial charge is 0.336 e. The molecule has 1 aliphatic heterocycles. The predicted molar refractivity (Wildman–Crippen MR) is 123 cm³/mol. The zero-order valence-corrected chi connectivity index (χ0v) is 19.7. The third kappa shape index (κ3) is 4.30. The first-order chi connectivity index (χ1) is 15.8. The Labute approximate surface area is 196 Å². The number of benzene rings is 1. The lowest BCUT2D eigenvalue weighted by Crippen LogP contribution is -2.41. The molecule has 1 N–H and O–H groups in total. The number of fused-ring (bicyclic) bond motifs is 1. The number of esters is 2. The summed E-state index contributed by atoms with van der Waals surface area (Å²) in [6, 6.07) is 9.09. The van der Waals surface area contributed by atoms with Gasteiger partial charge in [-0.25, -0.2) is 4.79 Å². The maximum absolute atomic E-state index is 13.5. The highest BCUT2D eigenvalue weighted by molar-refractivity contribution is 7.10. The summed E-state index contributed by atoms with van der Waals surface area (Å²) in [6.07, 6.45) is 2.44. The molecule has 1 aromatic carbocycles. The maximum atomic E-state index is 13.5.